The number of hydrogen-bond donors (Lipinski definition) is 2. The average Bonchev–Trinajstić information content (AvgIpc) is 2.76. The van der Waals surface area contributed by atoms with Crippen molar-refractivity contribution >= 4 is 17.3 Å². The Bertz CT molecular complexity index is 401. The van der Waals surface area contributed by atoms with Gasteiger partial charge in [-0.15, -0.1) is 11.3 Å². The summed E-state index contributed by atoms with van der Waals surface area (Å²) in [6.07, 6.45) is 2.09. The monoisotopic (exact) mass is 285 g/mol. The summed E-state index contributed by atoms with van der Waals surface area (Å²) in [4.78, 5) is 13.3. The molecule has 1 rings (SSSR count). The molecule has 1 aromatic heterocycles. The summed E-state index contributed by atoms with van der Waals surface area (Å²) in [6.45, 7) is 5.20. The topological polar surface area (TPSA) is 58.6 Å². The van der Waals surface area contributed by atoms with E-state index in [4.69, 9.17) is 0 Å². The lowest BCUT2D eigenvalue weighted by Gasteiger charge is -2.22. The van der Waals surface area contributed by atoms with Gasteiger partial charge in [-0.25, -0.2) is 0 Å². The number of carbonyl (C=O) groups is 1. The zero-order chi connectivity index (χ0) is 14.3. The molecule has 0 aliphatic carbocycles. The van der Waals surface area contributed by atoms with Crippen molar-refractivity contribution in [2.24, 2.45) is 0 Å². The molecule has 0 aliphatic heterocycles. The molecule has 0 saturated carbocycles. The van der Waals surface area contributed by atoms with Gasteiger partial charge in [0, 0.05) is 22.8 Å². The first kappa shape index (κ1) is 16.1. The van der Waals surface area contributed by atoms with E-state index in [9.17, 15) is 9.90 Å². The van der Waals surface area contributed by atoms with E-state index in [2.05, 4.69) is 17.0 Å². The molecule has 5 heteroatoms. The van der Waals surface area contributed by atoms with Gasteiger partial charge in [0.15, 0.2) is 0 Å². The predicted octanol–water partition coefficient (Wildman–Crippen LogP) is 2.10. The van der Waals surface area contributed by atoms with Crippen LogP contribution in [-0.4, -0.2) is 30.3 Å². The van der Waals surface area contributed by atoms with Gasteiger partial charge in [0.1, 0.15) is 0 Å². The molecule has 108 valence electrons. The number of hydrogen-bond acceptors (Lipinski definition) is 5. The van der Waals surface area contributed by atoms with Crippen LogP contribution in [0.1, 0.15) is 36.4 Å². The molecule has 0 spiro atoms. The van der Waals surface area contributed by atoms with Crippen molar-refractivity contribution in [3.63, 3.8) is 0 Å². The zero-order valence-electron chi connectivity index (χ0n) is 11.9. The number of rotatable bonds is 8. The Morgan fingerprint density at radius 3 is 2.79 bits per heavy atom. The van der Waals surface area contributed by atoms with E-state index in [0.717, 1.165) is 22.6 Å². The quantitative estimate of drug-likeness (QED) is 0.718. The smallest absolute Gasteiger partial charge is 0.310 e. The third kappa shape index (κ3) is 6.18. The van der Waals surface area contributed by atoms with Gasteiger partial charge in [-0.3, -0.25) is 4.79 Å². The number of thiophene rings is 1. The second-order valence-corrected chi connectivity index (χ2v) is 6.22. The zero-order valence-corrected chi connectivity index (χ0v) is 12.7. The van der Waals surface area contributed by atoms with Crippen molar-refractivity contribution in [3.8, 4) is 0 Å². The van der Waals surface area contributed by atoms with Gasteiger partial charge in [0.2, 0.25) is 0 Å². The van der Waals surface area contributed by atoms with Crippen molar-refractivity contribution in [3.05, 3.63) is 21.9 Å². The van der Waals surface area contributed by atoms with Gasteiger partial charge in [0.25, 0.3) is 0 Å². The molecule has 0 fully saturated rings. The maximum Gasteiger partial charge on any atom is 0.310 e. The molecule has 0 saturated heterocycles. The Kier molecular flexibility index (Phi) is 6.48. The van der Waals surface area contributed by atoms with Crippen LogP contribution in [0.15, 0.2) is 12.1 Å². The highest BCUT2D eigenvalue weighted by Gasteiger charge is 2.18. The van der Waals surface area contributed by atoms with Crippen LogP contribution < -0.4 is 5.32 Å². The molecular formula is C14H23NO3S. The molecule has 0 bridgehead atoms. The van der Waals surface area contributed by atoms with Crippen LogP contribution in [0.3, 0.4) is 0 Å². The maximum absolute atomic E-state index is 11.1. The summed E-state index contributed by atoms with van der Waals surface area (Å²) in [6, 6.07) is 3.95. The van der Waals surface area contributed by atoms with Gasteiger partial charge in [-0.2, -0.15) is 0 Å². The van der Waals surface area contributed by atoms with E-state index in [-0.39, 0.29) is 5.97 Å². The minimum atomic E-state index is -0.652. The van der Waals surface area contributed by atoms with Crippen molar-refractivity contribution < 1.29 is 14.6 Å². The minimum Gasteiger partial charge on any atom is -0.469 e. The van der Waals surface area contributed by atoms with Crippen molar-refractivity contribution in [1.29, 1.82) is 0 Å². The van der Waals surface area contributed by atoms with Crippen LogP contribution in [0.4, 0.5) is 0 Å². The second-order valence-electron chi connectivity index (χ2n) is 4.97. The third-order valence-corrected chi connectivity index (χ3v) is 3.94. The molecule has 19 heavy (non-hydrogen) atoms. The molecule has 2 N–H and O–H groups in total. The first-order valence-electron chi connectivity index (χ1n) is 6.54. The SMILES string of the molecule is CCCC(C)(O)CNCc1ccc(CC(=O)OC)s1. The third-order valence-electron chi connectivity index (χ3n) is 2.86. The normalized spacial score (nSPS) is 14.1. The standard InChI is InChI=1S/C14H23NO3S/c1-4-7-14(2,17)10-15-9-12-6-5-11(19-12)8-13(16)18-3/h5-6,15,17H,4,7-10H2,1-3H3. The summed E-state index contributed by atoms with van der Waals surface area (Å²) < 4.78 is 4.64. The van der Waals surface area contributed by atoms with E-state index in [1.165, 1.54) is 7.11 Å². The van der Waals surface area contributed by atoms with E-state index in [1.807, 2.05) is 19.1 Å². The highest BCUT2D eigenvalue weighted by Crippen LogP contribution is 2.18. The van der Waals surface area contributed by atoms with Crippen LogP contribution in [0.5, 0.6) is 0 Å². The van der Waals surface area contributed by atoms with Gasteiger partial charge in [-0.1, -0.05) is 13.3 Å². The Morgan fingerprint density at radius 1 is 1.47 bits per heavy atom. The molecule has 0 amide bonds. The summed E-state index contributed by atoms with van der Waals surface area (Å²) in [7, 11) is 1.40. The molecule has 1 aromatic rings. The maximum atomic E-state index is 11.1. The number of ether oxygens (including phenoxy) is 1. The Hall–Kier alpha value is -0.910. The van der Waals surface area contributed by atoms with E-state index >= 15 is 0 Å². The average molecular weight is 285 g/mol. The number of methoxy groups -OCH3 is 1. The molecule has 0 radical (unpaired) electrons. The van der Waals surface area contributed by atoms with Gasteiger partial charge >= 0.3 is 5.97 Å². The summed E-state index contributed by atoms with van der Waals surface area (Å²) in [5.74, 6) is -0.216. The van der Waals surface area contributed by atoms with Crippen LogP contribution in [0.2, 0.25) is 0 Å². The van der Waals surface area contributed by atoms with Gasteiger partial charge in [-0.05, 0) is 25.5 Å². The fraction of sp³-hybridized carbons (Fsp3) is 0.643. The summed E-state index contributed by atoms with van der Waals surface area (Å²) in [5, 5.41) is 13.3. The molecule has 0 aliphatic rings. The molecule has 1 unspecified atom stereocenters. The predicted molar refractivity (Wildman–Crippen MR) is 77.3 cm³/mol. The van der Waals surface area contributed by atoms with Gasteiger partial charge in [0.05, 0.1) is 19.1 Å². The van der Waals surface area contributed by atoms with E-state index < -0.39 is 5.60 Å². The van der Waals surface area contributed by atoms with Crippen LogP contribution in [0, 0.1) is 0 Å². The molecule has 0 aromatic carbocycles. The Labute approximate surface area is 118 Å². The lowest BCUT2D eigenvalue weighted by molar-refractivity contribution is -0.139. The fourth-order valence-electron chi connectivity index (χ4n) is 1.91. The van der Waals surface area contributed by atoms with Crippen LogP contribution in [0.25, 0.3) is 0 Å². The van der Waals surface area contributed by atoms with E-state index in [0.29, 0.717) is 19.5 Å². The summed E-state index contributed by atoms with van der Waals surface area (Å²) in [5.41, 5.74) is -0.652. The molecule has 1 heterocycles. The van der Waals surface area contributed by atoms with Gasteiger partial charge < -0.3 is 15.2 Å². The highest BCUT2D eigenvalue weighted by atomic mass is 32.1. The first-order chi connectivity index (χ1) is 8.96. The number of aliphatic hydroxyl groups is 1. The lowest BCUT2D eigenvalue weighted by Crippen LogP contribution is -2.37. The molecule has 1 atom stereocenters. The lowest BCUT2D eigenvalue weighted by atomic mass is 10.0. The van der Waals surface area contributed by atoms with Crippen LogP contribution >= 0.6 is 11.3 Å². The first-order valence-corrected chi connectivity index (χ1v) is 7.36. The van der Waals surface area contributed by atoms with Crippen molar-refractivity contribution in [2.45, 2.75) is 45.3 Å². The Morgan fingerprint density at radius 2 is 2.16 bits per heavy atom. The van der Waals surface area contributed by atoms with Crippen molar-refractivity contribution in [2.75, 3.05) is 13.7 Å². The highest BCUT2D eigenvalue weighted by molar-refractivity contribution is 7.12. The second kappa shape index (κ2) is 7.62. The van der Waals surface area contributed by atoms with E-state index in [1.54, 1.807) is 11.3 Å². The summed E-state index contributed by atoms with van der Waals surface area (Å²) >= 11 is 1.60. The minimum absolute atomic E-state index is 0.216. The van der Waals surface area contributed by atoms with Crippen molar-refractivity contribution in [1.82, 2.24) is 5.32 Å². The number of nitrogens with one attached hydrogen (secondary N) is 1. The molecular weight excluding hydrogens is 262 g/mol. The number of carbonyl (C=O) groups excluding carboxylic acids is 1. The largest absolute Gasteiger partial charge is 0.469 e. The fourth-order valence-corrected chi connectivity index (χ4v) is 2.88. The molecule has 4 nitrogen and oxygen atoms in total. The Balaban J connectivity index is 2.36. The van der Waals surface area contributed by atoms with Crippen LogP contribution in [-0.2, 0) is 22.5 Å². The number of esters is 1.